The Hall–Kier alpha value is -3.67. The number of carbonyl (C=O) groups is 1. The molecule has 31 heavy (non-hydrogen) atoms. The van der Waals surface area contributed by atoms with Crippen LogP contribution in [-0.2, 0) is 0 Å². The lowest BCUT2D eigenvalue weighted by Crippen LogP contribution is -2.46. The summed E-state index contributed by atoms with van der Waals surface area (Å²) in [6.45, 7) is 3.87. The lowest BCUT2D eigenvalue weighted by Gasteiger charge is -2.22. The van der Waals surface area contributed by atoms with E-state index in [9.17, 15) is 19.9 Å². The first kappa shape index (κ1) is 20.6. The number of aromatic nitrogens is 2. The topological polar surface area (TPSA) is 86.2 Å². The third kappa shape index (κ3) is 3.65. The predicted molar refractivity (Wildman–Crippen MR) is 119 cm³/mol. The number of aryl methyl sites for hydroxylation is 2. The van der Waals surface area contributed by atoms with E-state index in [1.54, 1.807) is 36.4 Å². The fourth-order valence-electron chi connectivity index (χ4n) is 4.08. The van der Waals surface area contributed by atoms with E-state index in [-0.39, 0.29) is 11.5 Å². The molecule has 0 radical (unpaired) electrons. The summed E-state index contributed by atoms with van der Waals surface area (Å²) in [5.41, 5.74) is 2.37. The Labute approximate surface area is 180 Å². The Bertz CT molecular complexity index is 1260. The van der Waals surface area contributed by atoms with E-state index < -0.39 is 17.1 Å². The van der Waals surface area contributed by atoms with Gasteiger partial charge in [0.15, 0.2) is 11.3 Å². The van der Waals surface area contributed by atoms with E-state index in [0.29, 0.717) is 28.0 Å². The maximum atomic E-state index is 13.7. The van der Waals surface area contributed by atoms with Crippen LogP contribution in [0.5, 0.6) is 0 Å². The van der Waals surface area contributed by atoms with Crippen molar-refractivity contribution in [1.29, 1.82) is 0 Å². The van der Waals surface area contributed by atoms with Crippen molar-refractivity contribution >= 4 is 11.5 Å². The Morgan fingerprint density at radius 3 is 2.42 bits per heavy atom. The summed E-state index contributed by atoms with van der Waals surface area (Å²) in [6, 6.07) is 14.3. The van der Waals surface area contributed by atoms with Gasteiger partial charge in [-0.15, -0.1) is 0 Å². The molecule has 1 aliphatic carbocycles. The number of rotatable bonds is 4. The number of benzene rings is 2. The molecule has 0 unspecified atom stereocenters. The molecule has 1 aromatic heterocycles. The van der Waals surface area contributed by atoms with Gasteiger partial charge < -0.3 is 10.3 Å². The van der Waals surface area contributed by atoms with Crippen LogP contribution in [0.25, 0.3) is 22.6 Å². The molecular weight excluding hydrogens is 392 g/mol. The van der Waals surface area contributed by atoms with Gasteiger partial charge in [-0.2, -0.15) is 4.57 Å². The SMILES string of the molecule is Cc1ccc(-n2c(-c3ccccc3)[n+]([O-])c(C3=CCCCC3)c(C(=O)O)c2=O)cc1C. The van der Waals surface area contributed by atoms with E-state index in [1.807, 2.05) is 32.1 Å². The molecule has 0 bridgehead atoms. The Kier molecular flexibility index (Phi) is 5.46. The second kappa shape index (κ2) is 8.22. The molecule has 0 spiro atoms. The first-order valence-corrected chi connectivity index (χ1v) is 10.4. The molecule has 1 aliphatic rings. The molecule has 0 amide bonds. The standard InChI is InChI=1S/C25H24N2O4/c1-16-13-14-20(15-17(16)2)26-23(19-11-7-4-8-12-19)27(31)22(18-9-5-3-6-10-18)21(24(26)28)25(29)30/h4,7-9,11-15H,3,5-6,10H2,1-2H3,(H,29,30). The van der Waals surface area contributed by atoms with Gasteiger partial charge in [0.2, 0.25) is 0 Å². The quantitative estimate of drug-likeness (QED) is 0.504. The maximum absolute atomic E-state index is 13.7. The molecule has 0 atom stereocenters. The second-order valence-electron chi connectivity index (χ2n) is 7.90. The highest BCUT2D eigenvalue weighted by Crippen LogP contribution is 2.29. The summed E-state index contributed by atoms with van der Waals surface area (Å²) in [7, 11) is 0. The van der Waals surface area contributed by atoms with E-state index >= 15 is 0 Å². The molecular formula is C25H24N2O4. The average molecular weight is 416 g/mol. The third-order valence-corrected chi connectivity index (χ3v) is 5.85. The van der Waals surface area contributed by atoms with Gasteiger partial charge in [0.05, 0.1) is 5.56 Å². The normalized spacial score (nSPS) is 13.7. The van der Waals surface area contributed by atoms with Crippen LogP contribution in [0.4, 0.5) is 0 Å². The van der Waals surface area contributed by atoms with E-state index in [4.69, 9.17) is 0 Å². The highest BCUT2D eigenvalue weighted by atomic mass is 16.5. The zero-order valence-corrected chi connectivity index (χ0v) is 17.6. The molecule has 6 heteroatoms. The van der Waals surface area contributed by atoms with Gasteiger partial charge in [-0.3, -0.25) is 0 Å². The van der Waals surface area contributed by atoms with Gasteiger partial charge >= 0.3 is 17.4 Å². The van der Waals surface area contributed by atoms with Crippen molar-refractivity contribution in [1.82, 2.24) is 4.57 Å². The lowest BCUT2D eigenvalue weighted by molar-refractivity contribution is -0.600. The van der Waals surface area contributed by atoms with E-state index in [2.05, 4.69) is 0 Å². The van der Waals surface area contributed by atoms with Crippen LogP contribution in [-0.4, -0.2) is 15.6 Å². The lowest BCUT2D eigenvalue weighted by atomic mass is 9.94. The first-order valence-electron chi connectivity index (χ1n) is 10.4. The minimum absolute atomic E-state index is 0.0452. The molecule has 2 aromatic carbocycles. The van der Waals surface area contributed by atoms with Crippen molar-refractivity contribution < 1.29 is 14.6 Å². The van der Waals surface area contributed by atoms with Gasteiger partial charge in [0.25, 0.3) is 0 Å². The second-order valence-corrected chi connectivity index (χ2v) is 7.90. The Morgan fingerprint density at radius 1 is 1.06 bits per heavy atom. The largest absolute Gasteiger partial charge is 0.710 e. The predicted octanol–water partition coefficient (Wildman–Crippen LogP) is 4.41. The number of nitrogens with zero attached hydrogens (tertiary/aromatic N) is 2. The highest BCUT2D eigenvalue weighted by molar-refractivity contribution is 5.92. The number of carboxylic acids is 1. The van der Waals surface area contributed by atoms with Crippen LogP contribution in [0.1, 0.15) is 52.9 Å². The number of aromatic carboxylic acids is 1. The van der Waals surface area contributed by atoms with Crippen molar-refractivity contribution in [3.63, 3.8) is 0 Å². The minimum Gasteiger partial charge on any atom is -0.710 e. The molecule has 0 fully saturated rings. The summed E-state index contributed by atoms with van der Waals surface area (Å²) in [6.07, 6.45) is 5.05. The molecule has 1 N–H and O–H groups in total. The zero-order valence-electron chi connectivity index (χ0n) is 17.6. The third-order valence-electron chi connectivity index (χ3n) is 5.85. The van der Waals surface area contributed by atoms with Gasteiger partial charge in [0, 0.05) is 0 Å². The van der Waals surface area contributed by atoms with E-state index in [0.717, 1.165) is 30.4 Å². The molecule has 3 aromatic rings. The maximum Gasteiger partial charge on any atom is 0.358 e. The fraction of sp³-hybridized carbons (Fsp3) is 0.240. The number of carboxylic acid groups (broad SMARTS) is 1. The van der Waals surface area contributed by atoms with Crippen LogP contribution in [0.15, 0.2) is 59.4 Å². The van der Waals surface area contributed by atoms with Crippen molar-refractivity contribution in [3.8, 4) is 17.1 Å². The van der Waals surface area contributed by atoms with Crippen LogP contribution in [0.2, 0.25) is 0 Å². The summed E-state index contributed by atoms with van der Waals surface area (Å²) in [5.74, 6) is -1.28. The zero-order chi connectivity index (χ0) is 22.1. The van der Waals surface area contributed by atoms with Crippen LogP contribution in [0.3, 0.4) is 0 Å². The summed E-state index contributed by atoms with van der Waals surface area (Å²) in [5, 5.41) is 23.7. The van der Waals surface area contributed by atoms with Gasteiger partial charge in [0.1, 0.15) is 5.69 Å². The summed E-state index contributed by atoms with van der Waals surface area (Å²) in [4.78, 5) is 25.8. The molecule has 158 valence electrons. The molecule has 1 heterocycles. The van der Waals surface area contributed by atoms with Gasteiger partial charge in [-0.1, -0.05) is 30.3 Å². The van der Waals surface area contributed by atoms with Crippen molar-refractivity contribution in [2.45, 2.75) is 39.5 Å². The number of allylic oxidation sites excluding steroid dienone is 2. The van der Waals surface area contributed by atoms with Gasteiger partial charge in [-0.25, -0.2) is 14.3 Å². The molecule has 0 saturated carbocycles. The van der Waals surface area contributed by atoms with Crippen molar-refractivity contribution in [2.24, 2.45) is 0 Å². The van der Waals surface area contributed by atoms with Crippen molar-refractivity contribution in [2.75, 3.05) is 0 Å². The first-order chi connectivity index (χ1) is 14.9. The number of hydrogen-bond acceptors (Lipinski definition) is 3. The molecule has 4 rings (SSSR count). The molecule has 0 aliphatic heterocycles. The Morgan fingerprint density at radius 2 is 1.81 bits per heavy atom. The molecule has 6 nitrogen and oxygen atoms in total. The average Bonchev–Trinajstić information content (AvgIpc) is 2.77. The minimum atomic E-state index is -1.40. The smallest absolute Gasteiger partial charge is 0.358 e. The monoisotopic (exact) mass is 416 g/mol. The Balaban J connectivity index is 2.16. The fourth-order valence-corrected chi connectivity index (χ4v) is 4.08. The summed E-state index contributed by atoms with van der Waals surface area (Å²) >= 11 is 0. The number of hydrogen-bond donors (Lipinski definition) is 1. The van der Waals surface area contributed by atoms with E-state index in [1.165, 1.54) is 4.57 Å². The summed E-state index contributed by atoms with van der Waals surface area (Å²) < 4.78 is 1.86. The molecule has 0 saturated heterocycles. The van der Waals surface area contributed by atoms with Crippen LogP contribution >= 0.6 is 0 Å². The highest BCUT2D eigenvalue weighted by Gasteiger charge is 2.33. The van der Waals surface area contributed by atoms with Crippen LogP contribution in [0, 0.1) is 19.1 Å². The van der Waals surface area contributed by atoms with Crippen molar-refractivity contribution in [3.05, 3.63) is 92.6 Å². The van der Waals surface area contributed by atoms with Gasteiger partial charge in [-0.05, 0) is 80.5 Å². The van der Waals surface area contributed by atoms with Crippen LogP contribution < -0.4 is 10.3 Å².